The molecule has 0 bridgehead atoms. The van der Waals surface area contributed by atoms with Gasteiger partial charge in [0.15, 0.2) is 0 Å². The van der Waals surface area contributed by atoms with Gasteiger partial charge in [0.25, 0.3) is 0 Å². The lowest BCUT2D eigenvalue weighted by Crippen LogP contribution is -2.15. The third kappa shape index (κ3) is 2.83. The summed E-state index contributed by atoms with van der Waals surface area (Å²) in [4.78, 5) is 4.68. The van der Waals surface area contributed by atoms with Crippen LogP contribution in [0.2, 0.25) is 0 Å². The Labute approximate surface area is 161 Å². The van der Waals surface area contributed by atoms with Crippen LogP contribution >= 0.6 is 11.3 Å². The second-order valence-electron chi connectivity index (χ2n) is 8.04. The van der Waals surface area contributed by atoms with Gasteiger partial charge in [-0.15, -0.1) is 11.3 Å². The second kappa shape index (κ2) is 6.21. The lowest BCUT2D eigenvalue weighted by Gasteiger charge is -2.27. The van der Waals surface area contributed by atoms with Gasteiger partial charge in [-0.25, -0.2) is 0 Å². The fraction of sp³-hybridized carbons (Fsp3) is 0.292. The minimum absolute atomic E-state index is 0.161. The van der Waals surface area contributed by atoms with Crippen molar-refractivity contribution in [2.75, 3.05) is 0 Å². The summed E-state index contributed by atoms with van der Waals surface area (Å²) in [6.07, 6.45) is 1.85. The van der Waals surface area contributed by atoms with Crippen molar-refractivity contribution in [3.05, 3.63) is 65.9 Å². The largest absolute Gasteiger partial charge is 0.256 e. The van der Waals surface area contributed by atoms with Gasteiger partial charge in [-0.05, 0) is 47.6 Å². The predicted octanol–water partition coefficient (Wildman–Crippen LogP) is 7.57. The number of hydrogen-bond acceptors (Lipinski definition) is 2. The molecule has 1 unspecified atom stereocenters. The highest BCUT2D eigenvalue weighted by Crippen LogP contribution is 2.42. The minimum Gasteiger partial charge on any atom is -0.256 e. The zero-order valence-corrected chi connectivity index (χ0v) is 16.9. The number of pyridine rings is 1. The standard InChI is InChI=1S/C24H25NS/c1-15-10-11-18(23-22(15)19-8-6-7-9-21(19)26-23)20-14-17(12-13-25-20)16(2)24(3,4)5/h6-14,16H,1-5H3/i16D. The Morgan fingerprint density at radius 2 is 1.85 bits per heavy atom. The van der Waals surface area contributed by atoms with Gasteiger partial charge in [-0.2, -0.15) is 0 Å². The van der Waals surface area contributed by atoms with E-state index in [-0.39, 0.29) is 5.41 Å². The van der Waals surface area contributed by atoms with Gasteiger partial charge in [0, 0.05) is 33.3 Å². The number of aryl methyl sites for hydroxylation is 1. The van der Waals surface area contributed by atoms with Crippen LogP contribution in [0.1, 0.15) is 46.1 Å². The molecule has 0 fully saturated rings. The van der Waals surface area contributed by atoms with E-state index in [2.05, 4.69) is 75.1 Å². The summed E-state index contributed by atoms with van der Waals surface area (Å²) in [7, 11) is 0. The third-order valence-corrected chi connectivity index (χ3v) is 6.53. The number of rotatable bonds is 2. The molecule has 2 heteroatoms. The number of benzene rings is 2. The highest BCUT2D eigenvalue weighted by molar-refractivity contribution is 7.26. The van der Waals surface area contributed by atoms with Gasteiger partial charge in [0.05, 0.1) is 5.69 Å². The highest BCUT2D eigenvalue weighted by atomic mass is 32.1. The van der Waals surface area contributed by atoms with Crippen LogP contribution in [0.5, 0.6) is 0 Å². The van der Waals surface area contributed by atoms with Gasteiger partial charge in [-0.1, -0.05) is 58.0 Å². The summed E-state index contributed by atoms with van der Waals surface area (Å²) < 4.78 is 11.5. The normalized spacial score (nSPS) is 15.2. The van der Waals surface area contributed by atoms with Crippen LogP contribution in [0.25, 0.3) is 31.4 Å². The molecule has 1 atom stereocenters. The Hall–Kier alpha value is -2.19. The highest BCUT2D eigenvalue weighted by Gasteiger charge is 2.22. The van der Waals surface area contributed by atoms with E-state index in [4.69, 9.17) is 1.37 Å². The van der Waals surface area contributed by atoms with E-state index in [1.165, 1.54) is 25.7 Å². The zero-order chi connectivity index (χ0) is 19.4. The monoisotopic (exact) mass is 360 g/mol. The van der Waals surface area contributed by atoms with Crippen molar-refractivity contribution in [3.63, 3.8) is 0 Å². The average Bonchev–Trinajstić information content (AvgIpc) is 3.01. The molecule has 4 rings (SSSR count). The number of nitrogens with zero attached hydrogens (tertiary/aromatic N) is 1. The molecule has 0 N–H and O–H groups in total. The molecular formula is C24H25NS. The van der Waals surface area contributed by atoms with E-state index in [9.17, 15) is 0 Å². The van der Waals surface area contributed by atoms with Crippen molar-refractivity contribution in [2.24, 2.45) is 5.41 Å². The van der Waals surface area contributed by atoms with Crippen molar-refractivity contribution >= 4 is 31.5 Å². The molecular weight excluding hydrogens is 334 g/mol. The Morgan fingerprint density at radius 3 is 2.62 bits per heavy atom. The molecule has 2 aromatic carbocycles. The van der Waals surface area contributed by atoms with Crippen molar-refractivity contribution in [1.82, 2.24) is 4.98 Å². The van der Waals surface area contributed by atoms with Crippen LogP contribution in [-0.2, 0) is 0 Å². The molecule has 132 valence electrons. The van der Waals surface area contributed by atoms with Gasteiger partial charge < -0.3 is 0 Å². The van der Waals surface area contributed by atoms with Crippen LogP contribution in [0.3, 0.4) is 0 Å². The van der Waals surface area contributed by atoms with E-state index < -0.39 is 5.89 Å². The van der Waals surface area contributed by atoms with Crippen LogP contribution in [0, 0.1) is 12.3 Å². The van der Waals surface area contributed by atoms with Gasteiger partial charge in [0.2, 0.25) is 0 Å². The zero-order valence-electron chi connectivity index (χ0n) is 17.1. The number of aromatic nitrogens is 1. The first-order chi connectivity index (χ1) is 12.7. The lowest BCUT2D eigenvalue weighted by atomic mass is 9.78. The molecule has 1 nitrogen and oxygen atoms in total. The molecule has 0 radical (unpaired) electrons. The molecule has 0 aliphatic rings. The summed E-state index contributed by atoms with van der Waals surface area (Å²) in [6.45, 7) is 10.5. The summed E-state index contributed by atoms with van der Waals surface area (Å²) in [5.74, 6) is -0.686. The van der Waals surface area contributed by atoms with Crippen LogP contribution in [-0.4, -0.2) is 4.98 Å². The minimum atomic E-state index is -0.686. The van der Waals surface area contributed by atoms with E-state index in [1.807, 2.05) is 30.5 Å². The first-order valence-electron chi connectivity index (χ1n) is 9.58. The van der Waals surface area contributed by atoms with Gasteiger partial charge in [0.1, 0.15) is 0 Å². The Kier molecular flexibility index (Phi) is 3.82. The Morgan fingerprint density at radius 1 is 1.08 bits per heavy atom. The van der Waals surface area contributed by atoms with E-state index in [1.54, 1.807) is 0 Å². The Balaban J connectivity index is 1.96. The van der Waals surface area contributed by atoms with Crippen molar-refractivity contribution < 1.29 is 1.37 Å². The average molecular weight is 361 g/mol. The van der Waals surface area contributed by atoms with E-state index >= 15 is 0 Å². The number of thiophene rings is 1. The summed E-state index contributed by atoms with van der Waals surface area (Å²) in [5, 5.41) is 2.64. The maximum absolute atomic E-state index is 8.94. The van der Waals surface area contributed by atoms with Crippen molar-refractivity contribution in [3.8, 4) is 11.3 Å². The molecule has 2 aromatic heterocycles. The molecule has 0 aliphatic carbocycles. The first-order valence-corrected chi connectivity index (χ1v) is 9.89. The van der Waals surface area contributed by atoms with Gasteiger partial charge in [-0.3, -0.25) is 4.98 Å². The fourth-order valence-corrected chi connectivity index (χ4v) is 4.74. The maximum Gasteiger partial charge on any atom is 0.0719 e. The maximum atomic E-state index is 8.94. The fourth-order valence-electron chi connectivity index (χ4n) is 3.44. The SMILES string of the molecule is [2H]C(C)(c1ccnc(-c2ccc(C)c3c2sc2ccccc23)c1)C(C)(C)C. The topological polar surface area (TPSA) is 12.9 Å². The van der Waals surface area contributed by atoms with Crippen molar-refractivity contribution in [2.45, 2.75) is 40.5 Å². The summed E-state index contributed by atoms with van der Waals surface area (Å²) in [6, 6.07) is 17.1. The van der Waals surface area contributed by atoms with Crippen LogP contribution < -0.4 is 0 Å². The number of fused-ring (bicyclic) bond motifs is 3. The third-order valence-electron chi connectivity index (χ3n) is 5.33. The molecule has 26 heavy (non-hydrogen) atoms. The van der Waals surface area contributed by atoms with Crippen molar-refractivity contribution in [1.29, 1.82) is 0 Å². The molecule has 0 saturated heterocycles. The summed E-state index contributed by atoms with van der Waals surface area (Å²) >= 11 is 1.83. The van der Waals surface area contributed by atoms with Crippen LogP contribution in [0.15, 0.2) is 54.7 Å². The molecule has 0 spiro atoms. The van der Waals surface area contributed by atoms with E-state index in [0.717, 1.165) is 16.8 Å². The quantitative estimate of drug-likeness (QED) is 0.359. The number of hydrogen-bond donors (Lipinski definition) is 0. The lowest BCUT2D eigenvalue weighted by molar-refractivity contribution is 0.339. The first kappa shape index (κ1) is 16.0. The smallest absolute Gasteiger partial charge is 0.0719 e. The molecule has 0 amide bonds. The molecule has 0 aliphatic heterocycles. The predicted molar refractivity (Wildman–Crippen MR) is 115 cm³/mol. The molecule has 2 heterocycles. The molecule has 0 saturated carbocycles. The molecule has 4 aromatic rings. The van der Waals surface area contributed by atoms with Crippen LogP contribution in [0.4, 0.5) is 0 Å². The van der Waals surface area contributed by atoms with E-state index in [0.29, 0.717) is 0 Å². The summed E-state index contributed by atoms with van der Waals surface area (Å²) in [5.41, 5.74) is 4.25. The second-order valence-corrected chi connectivity index (χ2v) is 9.09. The Bertz CT molecular complexity index is 1150. The van der Waals surface area contributed by atoms with Gasteiger partial charge >= 0.3 is 0 Å².